The van der Waals surface area contributed by atoms with Gasteiger partial charge < -0.3 is 0 Å². The Bertz CT molecular complexity index is 585. The first kappa shape index (κ1) is 13.0. The van der Waals surface area contributed by atoms with Crippen LogP contribution in [-0.2, 0) is 22.7 Å². The van der Waals surface area contributed by atoms with E-state index in [0.29, 0.717) is 10.8 Å². The predicted molar refractivity (Wildman–Crippen MR) is 56.3 cm³/mol. The SMILES string of the molecule is CC(=O)Cn1cc(F)c(=O)n(CC(C)=O)c1=O. The summed E-state index contributed by atoms with van der Waals surface area (Å²) in [5, 5.41) is 0. The molecule has 0 bridgehead atoms. The molecule has 1 heterocycles. The number of carbonyl (C=O) groups is 2. The number of hydrogen-bond donors (Lipinski definition) is 0. The molecule has 0 aliphatic rings. The molecule has 0 aliphatic heterocycles. The van der Waals surface area contributed by atoms with Crippen LogP contribution in [0.25, 0.3) is 0 Å². The second-order valence-corrected chi connectivity index (χ2v) is 3.68. The average molecular weight is 242 g/mol. The number of hydrogen-bond acceptors (Lipinski definition) is 4. The van der Waals surface area contributed by atoms with E-state index in [1.54, 1.807) is 0 Å². The molecular formula is C10H11FN2O4. The zero-order valence-corrected chi connectivity index (χ0v) is 9.40. The molecule has 0 saturated carbocycles. The van der Waals surface area contributed by atoms with Gasteiger partial charge in [0.1, 0.15) is 11.6 Å². The summed E-state index contributed by atoms with van der Waals surface area (Å²) in [5.41, 5.74) is -2.04. The summed E-state index contributed by atoms with van der Waals surface area (Å²) in [6.45, 7) is 1.55. The Balaban J connectivity index is 3.43. The van der Waals surface area contributed by atoms with E-state index in [9.17, 15) is 23.6 Å². The molecular weight excluding hydrogens is 231 g/mol. The third kappa shape index (κ3) is 2.96. The van der Waals surface area contributed by atoms with Crippen molar-refractivity contribution >= 4 is 11.6 Å². The molecule has 0 amide bonds. The van der Waals surface area contributed by atoms with Crippen LogP contribution in [0.15, 0.2) is 15.8 Å². The van der Waals surface area contributed by atoms with Crippen molar-refractivity contribution < 1.29 is 14.0 Å². The largest absolute Gasteiger partial charge is 0.331 e. The standard InChI is InChI=1S/C10H11FN2O4/c1-6(14)3-12-5-8(11)9(16)13(10(12)17)4-7(2)15/h5H,3-4H2,1-2H3. The van der Waals surface area contributed by atoms with Crippen LogP contribution in [-0.4, -0.2) is 20.7 Å². The van der Waals surface area contributed by atoms with Gasteiger partial charge in [-0.2, -0.15) is 4.39 Å². The zero-order valence-electron chi connectivity index (χ0n) is 9.40. The third-order valence-corrected chi connectivity index (χ3v) is 1.97. The van der Waals surface area contributed by atoms with Gasteiger partial charge in [0.15, 0.2) is 0 Å². The number of carbonyl (C=O) groups excluding carboxylic acids is 2. The van der Waals surface area contributed by atoms with Gasteiger partial charge in [0.05, 0.1) is 19.3 Å². The normalized spacial score (nSPS) is 10.3. The first-order valence-electron chi connectivity index (χ1n) is 4.81. The molecule has 0 aliphatic carbocycles. The van der Waals surface area contributed by atoms with E-state index in [1.807, 2.05) is 0 Å². The lowest BCUT2D eigenvalue weighted by molar-refractivity contribution is -0.118. The molecule has 6 nitrogen and oxygen atoms in total. The van der Waals surface area contributed by atoms with Crippen LogP contribution < -0.4 is 11.2 Å². The van der Waals surface area contributed by atoms with Gasteiger partial charge in [0.25, 0.3) is 5.56 Å². The molecule has 92 valence electrons. The van der Waals surface area contributed by atoms with Gasteiger partial charge in [0.2, 0.25) is 5.82 Å². The molecule has 0 unspecified atom stereocenters. The van der Waals surface area contributed by atoms with Crippen molar-refractivity contribution in [2.24, 2.45) is 0 Å². The molecule has 0 atom stereocenters. The van der Waals surface area contributed by atoms with E-state index in [4.69, 9.17) is 0 Å². The third-order valence-electron chi connectivity index (χ3n) is 1.97. The van der Waals surface area contributed by atoms with Crippen molar-refractivity contribution in [2.75, 3.05) is 0 Å². The van der Waals surface area contributed by atoms with Crippen molar-refractivity contribution in [1.82, 2.24) is 9.13 Å². The summed E-state index contributed by atoms with van der Waals surface area (Å²) in [5.74, 6) is -1.99. The van der Waals surface area contributed by atoms with Crippen molar-refractivity contribution in [3.8, 4) is 0 Å². The molecule has 0 aromatic carbocycles. The highest BCUT2D eigenvalue weighted by Crippen LogP contribution is 1.88. The fraction of sp³-hybridized carbons (Fsp3) is 0.400. The Morgan fingerprint density at radius 1 is 1.18 bits per heavy atom. The minimum absolute atomic E-state index is 0.339. The Morgan fingerprint density at radius 2 is 1.71 bits per heavy atom. The Kier molecular flexibility index (Phi) is 3.72. The Hall–Kier alpha value is -2.05. The van der Waals surface area contributed by atoms with Crippen LogP contribution in [0.3, 0.4) is 0 Å². The summed E-state index contributed by atoms with van der Waals surface area (Å²) in [7, 11) is 0. The highest BCUT2D eigenvalue weighted by molar-refractivity contribution is 5.75. The molecule has 7 heteroatoms. The number of rotatable bonds is 4. The maximum absolute atomic E-state index is 13.2. The van der Waals surface area contributed by atoms with Crippen LogP contribution in [0.2, 0.25) is 0 Å². The second kappa shape index (κ2) is 4.86. The minimum atomic E-state index is -1.17. The van der Waals surface area contributed by atoms with Gasteiger partial charge in [-0.05, 0) is 13.8 Å². The first-order chi connectivity index (χ1) is 7.82. The average Bonchev–Trinajstić information content (AvgIpc) is 2.20. The molecule has 1 aromatic heterocycles. The van der Waals surface area contributed by atoms with Crippen molar-refractivity contribution in [1.29, 1.82) is 0 Å². The van der Waals surface area contributed by atoms with E-state index in [-0.39, 0.29) is 12.3 Å². The smallest absolute Gasteiger partial charge is 0.298 e. The van der Waals surface area contributed by atoms with Gasteiger partial charge in [0, 0.05) is 0 Å². The van der Waals surface area contributed by atoms with Crippen molar-refractivity contribution in [3.05, 3.63) is 32.9 Å². The quantitative estimate of drug-likeness (QED) is 0.701. The number of halogens is 1. The van der Waals surface area contributed by atoms with Gasteiger partial charge in [-0.15, -0.1) is 0 Å². The van der Waals surface area contributed by atoms with Gasteiger partial charge in [-0.1, -0.05) is 0 Å². The van der Waals surface area contributed by atoms with E-state index >= 15 is 0 Å². The summed E-state index contributed by atoms with van der Waals surface area (Å²) in [4.78, 5) is 44.7. The van der Waals surface area contributed by atoms with Crippen LogP contribution in [0, 0.1) is 5.82 Å². The number of aromatic nitrogens is 2. The maximum Gasteiger partial charge on any atom is 0.331 e. The Labute approximate surface area is 95.3 Å². The van der Waals surface area contributed by atoms with Crippen LogP contribution in [0.5, 0.6) is 0 Å². The molecule has 0 saturated heterocycles. The molecule has 0 fully saturated rings. The van der Waals surface area contributed by atoms with Gasteiger partial charge in [-0.25, -0.2) is 4.79 Å². The first-order valence-corrected chi connectivity index (χ1v) is 4.81. The predicted octanol–water partition coefficient (Wildman–Crippen LogP) is -0.673. The summed E-state index contributed by atoms with van der Waals surface area (Å²) in [6.07, 6.45) is 0.669. The second-order valence-electron chi connectivity index (χ2n) is 3.68. The topological polar surface area (TPSA) is 78.1 Å². The highest BCUT2D eigenvalue weighted by atomic mass is 19.1. The number of Topliss-reactive ketones (excluding diaryl/α,β-unsaturated/α-hetero) is 2. The number of ketones is 2. The van der Waals surface area contributed by atoms with Crippen LogP contribution in [0.1, 0.15) is 13.8 Å². The lowest BCUT2D eigenvalue weighted by atomic mass is 10.4. The Morgan fingerprint density at radius 3 is 2.18 bits per heavy atom. The van der Waals surface area contributed by atoms with Gasteiger partial charge in [-0.3, -0.25) is 23.5 Å². The van der Waals surface area contributed by atoms with Gasteiger partial charge >= 0.3 is 5.69 Å². The number of nitrogens with zero attached hydrogens (tertiary/aromatic N) is 2. The fourth-order valence-corrected chi connectivity index (χ4v) is 1.33. The van der Waals surface area contributed by atoms with Crippen molar-refractivity contribution in [2.45, 2.75) is 26.9 Å². The van der Waals surface area contributed by atoms with E-state index in [1.165, 1.54) is 13.8 Å². The summed E-state index contributed by atoms with van der Waals surface area (Å²) in [6, 6.07) is 0. The van der Waals surface area contributed by atoms with E-state index < -0.39 is 29.4 Å². The molecule has 17 heavy (non-hydrogen) atoms. The summed E-state index contributed by atoms with van der Waals surface area (Å²) < 4.78 is 14.4. The van der Waals surface area contributed by atoms with Crippen molar-refractivity contribution in [3.63, 3.8) is 0 Å². The lowest BCUT2D eigenvalue weighted by Crippen LogP contribution is -2.43. The monoisotopic (exact) mass is 242 g/mol. The highest BCUT2D eigenvalue weighted by Gasteiger charge is 2.13. The van der Waals surface area contributed by atoms with E-state index in [0.717, 1.165) is 4.57 Å². The molecule has 1 aromatic rings. The van der Waals surface area contributed by atoms with Crippen LogP contribution in [0.4, 0.5) is 4.39 Å². The fourth-order valence-electron chi connectivity index (χ4n) is 1.33. The molecule has 0 N–H and O–H groups in total. The summed E-state index contributed by atoms with van der Waals surface area (Å²) >= 11 is 0. The lowest BCUT2D eigenvalue weighted by Gasteiger charge is -2.07. The van der Waals surface area contributed by atoms with Crippen LogP contribution >= 0.6 is 0 Å². The minimum Gasteiger partial charge on any atom is -0.298 e. The molecule has 1 rings (SSSR count). The van der Waals surface area contributed by atoms with E-state index in [2.05, 4.69) is 0 Å². The maximum atomic E-state index is 13.2. The molecule has 0 radical (unpaired) electrons. The molecule has 0 spiro atoms. The zero-order chi connectivity index (χ0) is 13.2.